The van der Waals surface area contributed by atoms with Crippen molar-refractivity contribution >= 4 is 11.8 Å². The normalized spacial score (nSPS) is 10.1. The summed E-state index contributed by atoms with van der Waals surface area (Å²) < 4.78 is 1.71. The van der Waals surface area contributed by atoms with Crippen molar-refractivity contribution in [1.82, 2.24) is 14.8 Å². The summed E-state index contributed by atoms with van der Waals surface area (Å²) in [4.78, 5) is 14.6. The first-order valence-electron chi connectivity index (χ1n) is 4.66. The van der Waals surface area contributed by atoms with Crippen molar-refractivity contribution in [2.24, 2.45) is 12.8 Å². The second-order valence-corrected chi connectivity index (χ2v) is 3.32. The molecule has 2 heterocycles. The van der Waals surface area contributed by atoms with Gasteiger partial charge in [-0.05, 0) is 12.1 Å². The number of carbonyl (C=O) groups is 1. The van der Waals surface area contributed by atoms with Crippen LogP contribution in [0.1, 0.15) is 0 Å². The highest BCUT2D eigenvalue weighted by atomic mass is 16.2. The maximum absolute atomic E-state index is 10.6. The number of carbonyl (C=O) groups excluding carboxylic acids is 1. The molecule has 6 heteroatoms. The molecule has 0 spiro atoms. The van der Waals surface area contributed by atoms with Crippen LogP contribution in [0.15, 0.2) is 30.7 Å². The number of aromatic nitrogens is 3. The number of nitrogens with one attached hydrogen (secondary N) is 1. The van der Waals surface area contributed by atoms with Crippen LogP contribution in [0.3, 0.4) is 0 Å². The van der Waals surface area contributed by atoms with Crippen molar-refractivity contribution < 1.29 is 4.79 Å². The third-order valence-corrected chi connectivity index (χ3v) is 2.05. The van der Waals surface area contributed by atoms with Gasteiger partial charge in [0.25, 0.3) is 0 Å². The van der Waals surface area contributed by atoms with Gasteiger partial charge in [-0.1, -0.05) is 0 Å². The average molecular weight is 217 g/mol. The number of primary amides is 1. The van der Waals surface area contributed by atoms with Gasteiger partial charge in [-0.15, -0.1) is 0 Å². The summed E-state index contributed by atoms with van der Waals surface area (Å²) in [5.41, 5.74) is 6.88. The van der Waals surface area contributed by atoms with Crippen molar-refractivity contribution in [2.75, 3.05) is 5.32 Å². The minimum absolute atomic E-state index is 0.431. The Bertz CT molecular complexity index is 502. The number of pyridine rings is 1. The van der Waals surface area contributed by atoms with Crippen molar-refractivity contribution in [1.29, 1.82) is 0 Å². The van der Waals surface area contributed by atoms with E-state index in [1.54, 1.807) is 23.1 Å². The maximum Gasteiger partial charge on any atom is 0.317 e. The topological polar surface area (TPSA) is 85.8 Å². The van der Waals surface area contributed by atoms with Crippen LogP contribution in [0, 0.1) is 0 Å². The maximum atomic E-state index is 10.6. The minimum Gasteiger partial charge on any atom is -0.351 e. The molecule has 0 aromatic carbocycles. The summed E-state index contributed by atoms with van der Waals surface area (Å²) in [6, 6.07) is 2.91. The van der Waals surface area contributed by atoms with Gasteiger partial charge in [-0.3, -0.25) is 10.00 Å². The Kier molecular flexibility index (Phi) is 2.55. The molecule has 2 aromatic heterocycles. The SMILES string of the molecule is Cn1cc(-c2ccc(NC(N)=O)nc2)cn1. The second kappa shape index (κ2) is 4.01. The van der Waals surface area contributed by atoms with Gasteiger partial charge in [0.2, 0.25) is 0 Å². The lowest BCUT2D eigenvalue weighted by atomic mass is 10.2. The molecule has 0 fully saturated rings. The van der Waals surface area contributed by atoms with Gasteiger partial charge in [0, 0.05) is 30.6 Å². The van der Waals surface area contributed by atoms with Gasteiger partial charge in [0.15, 0.2) is 0 Å². The summed E-state index contributed by atoms with van der Waals surface area (Å²) in [5.74, 6) is 0.431. The Labute approximate surface area is 92.1 Å². The van der Waals surface area contributed by atoms with Crippen LogP contribution < -0.4 is 11.1 Å². The Morgan fingerprint density at radius 1 is 1.38 bits per heavy atom. The molecule has 2 aromatic rings. The molecule has 0 radical (unpaired) electrons. The molecule has 82 valence electrons. The number of nitrogens with two attached hydrogens (primary N) is 1. The number of amides is 2. The molecule has 0 aliphatic heterocycles. The first-order valence-corrected chi connectivity index (χ1v) is 4.66. The fraction of sp³-hybridized carbons (Fsp3) is 0.100. The third kappa shape index (κ3) is 2.17. The molecule has 0 saturated heterocycles. The summed E-state index contributed by atoms with van der Waals surface area (Å²) in [6.45, 7) is 0. The minimum atomic E-state index is -0.623. The summed E-state index contributed by atoms with van der Waals surface area (Å²) in [6.07, 6.45) is 5.29. The second-order valence-electron chi connectivity index (χ2n) is 3.32. The zero-order valence-electron chi connectivity index (χ0n) is 8.71. The van der Waals surface area contributed by atoms with E-state index >= 15 is 0 Å². The van der Waals surface area contributed by atoms with E-state index in [4.69, 9.17) is 5.73 Å². The molecule has 6 nitrogen and oxygen atoms in total. The zero-order valence-corrected chi connectivity index (χ0v) is 8.71. The van der Waals surface area contributed by atoms with Crippen LogP contribution in [-0.4, -0.2) is 20.8 Å². The smallest absolute Gasteiger partial charge is 0.317 e. The van der Waals surface area contributed by atoms with Crippen LogP contribution in [0.2, 0.25) is 0 Å². The molecule has 0 atom stereocenters. The molecule has 0 unspecified atom stereocenters. The van der Waals surface area contributed by atoms with Gasteiger partial charge in [-0.25, -0.2) is 9.78 Å². The molecule has 0 aliphatic carbocycles. The molecular formula is C10H11N5O. The molecule has 2 amide bonds. The van der Waals surface area contributed by atoms with Gasteiger partial charge < -0.3 is 5.73 Å². The van der Waals surface area contributed by atoms with E-state index in [0.717, 1.165) is 11.1 Å². The van der Waals surface area contributed by atoms with E-state index < -0.39 is 6.03 Å². The standard InChI is InChI=1S/C10H11N5O/c1-15-6-8(5-13-15)7-2-3-9(12-4-7)14-10(11)16/h2-6H,1H3,(H3,11,12,14,16). The fourth-order valence-electron chi connectivity index (χ4n) is 1.34. The van der Waals surface area contributed by atoms with Gasteiger partial charge in [0.05, 0.1) is 6.20 Å². The van der Waals surface area contributed by atoms with Gasteiger partial charge in [-0.2, -0.15) is 5.10 Å². The molecule has 16 heavy (non-hydrogen) atoms. The third-order valence-electron chi connectivity index (χ3n) is 2.05. The van der Waals surface area contributed by atoms with Crippen LogP contribution >= 0.6 is 0 Å². The largest absolute Gasteiger partial charge is 0.351 e. The van der Waals surface area contributed by atoms with Crippen LogP contribution in [0.25, 0.3) is 11.1 Å². The molecule has 0 bridgehead atoms. The van der Waals surface area contributed by atoms with Gasteiger partial charge in [0.1, 0.15) is 5.82 Å². The Hall–Kier alpha value is -2.37. The highest BCUT2D eigenvalue weighted by molar-refractivity contribution is 5.86. The molecule has 2 rings (SSSR count). The van der Waals surface area contributed by atoms with Crippen LogP contribution in [0.5, 0.6) is 0 Å². The molecule has 3 N–H and O–H groups in total. The number of anilines is 1. The molecular weight excluding hydrogens is 206 g/mol. The predicted octanol–water partition coefficient (Wildman–Crippen LogP) is 0.973. The van der Waals surface area contributed by atoms with E-state index in [-0.39, 0.29) is 0 Å². The Balaban J connectivity index is 2.22. The lowest BCUT2D eigenvalue weighted by Gasteiger charge is -2.01. The number of hydrogen-bond donors (Lipinski definition) is 2. The molecule has 0 saturated carbocycles. The van der Waals surface area contributed by atoms with Crippen molar-refractivity contribution in [3.05, 3.63) is 30.7 Å². The van der Waals surface area contributed by atoms with Crippen molar-refractivity contribution in [3.63, 3.8) is 0 Å². The number of urea groups is 1. The lowest BCUT2D eigenvalue weighted by molar-refractivity contribution is 0.259. The van der Waals surface area contributed by atoms with Crippen molar-refractivity contribution in [2.45, 2.75) is 0 Å². The van der Waals surface area contributed by atoms with Crippen molar-refractivity contribution in [3.8, 4) is 11.1 Å². The molecule has 0 aliphatic rings. The first-order chi connectivity index (χ1) is 7.65. The highest BCUT2D eigenvalue weighted by Gasteiger charge is 2.02. The average Bonchev–Trinajstić information content (AvgIpc) is 2.65. The number of hydrogen-bond acceptors (Lipinski definition) is 3. The lowest BCUT2D eigenvalue weighted by Crippen LogP contribution is -2.19. The van der Waals surface area contributed by atoms with E-state index in [2.05, 4.69) is 15.4 Å². The number of nitrogens with zero attached hydrogens (tertiary/aromatic N) is 3. The number of rotatable bonds is 2. The summed E-state index contributed by atoms with van der Waals surface area (Å²) >= 11 is 0. The summed E-state index contributed by atoms with van der Waals surface area (Å²) in [5, 5.41) is 6.46. The van der Waals surface area contributed by atoms with Crippen LogP contribution in [-0.2, 0) is 7.05 Å². The Morgan fingerprint density at radius 3 is 2.69 bits per heavy atom. The fourth-order valence-corrected chi connectivity index (χ4v) is 1.34. The van der Waals surface area contributed by atoms with E-state index in [1.165, 1.54) is 0 Å². The van der Waals surface area contributed by atoms with E-state index in [9.17, 15) is 4.79 Å². The van der Waals surface area contributed by atoms with Gasteiger partial charge >= 0.3 is 6.03 Å². The Morgan fingerprint density at radius 2 is 2.19 bits per heavy atom. The van der Waals surface area contributed by atoms with Crippen LogP contribution in [0.4, 0.5) is 10.6 Å². The zero-order chi connectivity index (χ0) is 11.5. The summed E-state index contributed by atoms with van der Waals surface area (Å²) in [7, 11) is 1.85. The number of aryl methyl sites for hydroxylation is 1. The van der Waals surface area contributed by atoms with E-state index in [0.29, 0.717) is 5.82 Å². The quantitative estimate of drug-likeness (QED) is 0.785. The monoisotopic (exact) mass is 217 g/mol. The highest BCUT2D eigenvalue weighted by Crippen LogP contribution is 2.18. The first kappa shape index (κ1) is 10.2. The predicted molar refractivity (Wildman–Crippen MR) is 59.6 cm³/mol. The van der Waals surface area contributed by atoms with E-state index in [1.807, 2.05) is 19.3 Å².